The third kappa shape index (κ3) is 4.70. The zero-order chi connectivity index (χ0) is 16.0. The first kappa shape index (κ1) is 17.4. The van der Waals surface area contributed by atoms with Crippen LogP contribution in [0, 0.1) is 5.92 Å². The number of carbonyl (C=O) groups excluding carboxylic acids is 1. The van der Waals surface area contributed by atoms with Crippen molar-refractivity contribution in [3.8, 4) is 0 Å². The fourth-order valence-electron chi connectivity index (χ4n) is 1.83. The molecule has 0 amide bonds. The predicted molar refractivity (Wildman–Crippen MR) is 85.3 cm³/mol. The van der Waals surface area contributed by atoms with E-state index in [9.17, 15) is 9.59 Å². The van der Waals surface area contributed by atoms with E-state index in [2.05, 4.69) is 32.9 Å². The number of allylic oxidation sites excluding steroid dienone is 1. The van der Waals surface area contributed by atoms with Crippen LogP contribution in [-0.2, 0) is 16.1 Å². The molecule has 1 N–H and O–H groups in total. The van der Waals surface area contributed by atoms with Gasteiger partial charge in [-0.3, -0.25) is 4.79 Å². The molecule has 1 atom stereocenters. The number of carbonyl (C=O) groups is 1. The molecule has 1 aromatic rings. The molecule has 116 valence electrons. The highest BCUT2D eigenvalue weighted by atomic mass is 79.9. The Labute approximate surface area is 132 Å². The van der Waals surface area contributed by atoms with Crippen molar-refractivity contribution in [2.75, 3.05) is 12.4 Å². The van der Waals surface area contributed by atoms with Gasteiger partial charge in [0.2, 0.25) is 0 Å². The Morgan fingerprint density at radius 2 is 2.29 bits per heavy atom. The lowest BCUT2D eigenvalue weighted by Gasteiger charge is -2.20. The van der Waals surface area contributed by atoms with Crippen LogP contribution in [0.2, 0.25) is 0 Å². The Morgan fingerprint density at radius 1 is 1.62 bits per heavy atom. The maximum Gasteiger partial charge on any atom is 0.328 e. The summed E-state index contributed by atoms with van der Waals surface area (Å²) in [5, 5.41) is 7.05. The van der Waals surface area contributed by atoms with E-state index in [0.29, 0.717) is 29.0 Å². The van der Waals surface area contributed by atoms with Crippen LogP contribution in [0.1, 0.15) is 20.3 Å². The highest BCUT2D eigenvalue weighted by molar-refractivity contribution is 9.10. The summed E-state index contributed by atoms with van der Waals surface area (Å²) in [5.41, 5.74) is 0.185. The summed E-state index contributed by atoms with van der Waals surface area (Å²) in [6.45, 7) is 7.91. The zero-order valence-corrected chi connectivity index (χ0v) is 14.0. The number of anilines is 1. The molecule has 0 radical (unpaired) electrons. The Kier molecular flexibility index (Phi) is 6.61. The van der Waals surface area contributed by atoms with E-state index in [1.165, 1.54) is 18.0 Å². The second kappa shape index (κ2) is 7.97. The SMILES string of the molecule is C=CCn1ncc(NC(CC(C)C)C(=O)OC)c(Br)c1=O. The highest BCUT2D eigenvalue weighted by Gasteiger charge is 2.22. The second-order valence-electron chi connectivity index (χ2n) is 5.00. The molecule has 0 aliphatic carbocycles. The van der Waals surface area contributed by atoms with Crippen molar-refractivity contribution < 1.29 is 9.53 Å². The summed E-state index contributed by atoms with van der Waals surface area (Å²) in [4.78, 5) is 23.9. The van der Waals surface area contributed by atoms with Gasteiger partial charge in [0.15, 0.2) is 0 Å². The Hall–Kier alpha value is -1.63. The Morgan fingerprint density at radius 3 is 2.81 bits per heavy atom. The monoisotopic (exact) mass is 357 g/mol. The molecule has 1 heterocycles. The quantitative estimate of drug-likeness (QED) is 0.598. The summed E-state index contributed by atoms with van der Waals surface area (Å²) in [6.07, 6.45) is 3.68. The van der Waals surface area contributed by atoms with Crippen molar-refractivity contribution in [2.24, 2.45) is 5.92 Å². The average molecular weight is 358 g/mol. The molecule has 0 saturated carbocycles. The molecule has 1 aromatic heterocycles. The third-order valence-electron chi connectivity index (χ3n) is 2.81. The van der Waals surface area contributed by atoms with Crippen molar-refractivity contribution >= 4 is 27.6 Å². The minimum Gasteiger partial charge on any atom is -0.467 e. The van der Waals surface area contributed by atoms with E-state index in [-0.39, 0.29) is 11.5 Å². The number of esters is 1. The van der Waals surface area contributed by atoms with E-state index < -0.39 is 6.04 Å². The van der Waals surface area contributed by atoms with Crippen LogP contribution in [0.15, 0.2) is 28.1 Å². The van der Waals surface area contributed by atoms with E-state index >= 15 is 0 Å². The fraction of sp³-hybridized carbons (Fsp3) is 0.500. The Bertz CT molecular complexity index is 569. The van der Waals surface area contributed by atoms with Gasteiger partial charge in [-0.1, -0.05) is 19.9 Å². The molecule has 6 nitrogen and oxygen atoms in total. The number of nitrogens with zero attached hydrogens (tertiary/aromatic N) is 2. The van der Waals surface area contributed by atoms with E-state index in [4.69, 9.17) is 4.74 Å². The van der Waals surface area contributed by atoms with Crippen LogP contribution < -0.4 is 10.9 Å². The molecule has 0 aliphatic rings. The average Bonchev–Trinajstić information content (AvgIpc) is 2.44. The van der Waals surface area contributed by atoms with Gasteiger partial charge in [-0.2, -0.15) is 5.10 Å². The van der Waals surface area contributed by atoms with Crippen molar-refractivity contribution in [1.29, 1.82) is 0 Å². The first-order chi connectivity index (χ1) is 9.90. The molecular weight excluding hydrogens is 338 g/mol. The Balaban J connectivity index is 3.04. The first-order valence-electron chi connectivity index (χ1n) is 6.61. The molecule has 0 bridgehead atoms. The molecule has 0 fully saturated rings. The number of nitrogens with one attached hydrogen (secondary N) is 1. The first-order valence-corrected chi connectivity index (χ1v) is 7.40. The summed E-state index contributed by atoms with van der Waals surface area (Å²) < 4.78 is 6.39. The van der Waals surface area contributed by atoms with Gasteiger partial charge < -0.3 is 10.1 Å². The van der Waals surface area contributed by atoms with Crippen LogP contribution in [-0.4, -0.2) is 28.9 Å². The van der Waals surface area contributed by atoms with Crippen LogP contribution in [0.3, 0.4) is 0 Å². The number of hydrogen-bond donors (Lipinski definition) is 1. The smallest absolute Gasteiger partial charge is 0.328 e. The second-order valence-corrected chi connectivity index (χ2v) is 5.79. The van der Waals surface area contributed by atoms with Gasteiger partial charge >= 0.3 is 5.97 Å². The number of aromatic nitrogens is 2. The summed E-state index contributed by atoms with van der Waals surface area (Å²) in [7, 11) is 1.34. The van der Waals surface area contributed by atoms with Gasteiger partial charge in [0.1, 0.15) is 10.5 Å². The molecule has 1 unspecified atom stereocenters. The number of methoxy groups -OCH3 is 1. The topological polar surface area (TPSA) is 73.2 Å². The lowest BCUT2D eigenvalue weighted by molar-refractivity contribution is -0.141. The summed E-state index contributed by atoms with van der Waals surface area (Å²) >= 11 is 3.24. The van der Waals surface area contributed by atoms with E-state index in [0.717, 1.165) is 0 Å². The summed E-state index contributed by atoms with van der Waals surface area (Å²) in [5.74, 6) is -0.0691. The molecule has 21 heavy (non-hydrogen) atoms. The summed E-state index contributed by atoms with van der Waals surface area (Å²) in [6, 6.07) is -0.525. The molecule has 0 aliphatic heterocycles. The molecule has 1 rings (SSSR count). The van der Waals surface area contributed by atoms with Crippen LogP contribution in [0.4, 0.5) is 5.69 Å². The number of halogens is 1. The normalized spacial score (nSPS) is 12.0. The zero-order valence-electron chi connectivity index (χ0n) is 12.4. The third-order valence-corrected chi connectivity index (χ3v) is 3.58. The van der Waals surface area contributed by atoms with Gasteiger partial charge in [0.25, 0.3) is 5.56 Å². The molecule has 0 spiro atoms. The van der Waals surface area contributed by atoms with Crippen molar-refractivity contribution in [2.45, 2.75) is 32.9 Å². The van der Waals surface area contributed by atoms with E-state index in [1.54, 1.807) is 6.08 Å². The van der Waals surface area contributed by atoms with Gasteiger partial charge in [-0.05, 0) is 28.3 Å². The van der Waals surface area contributed by atoms with Gasteiger partial charge in [-0.15, -0.1) is 6.58 Å². The molecular formula is C14H20BrN3O3. The van der Waals surface area contributed by atoms with Gasteiger partial charge in [0.05, 0.1) is 25.5 Å². The maximum atomic E-state index is 12.1. The molecule has 0 saturated heterocycles. The maximum absolute atomic E-state index is 12.1. The van der Waals surface area contributed by atoms with E-state index in [1.807, 2.05) is 13.8 Å². The number of hydrogen-bond acceptors (Lipinski definition) is 5. The highest BCUT2D eigenvalue weighted by Crippen LogP contribution is 2.19. The van der Waals surface area contributed by atoms with Crippen molar-refractivity contribution in [3.63, 3.8) is 0 Å². The van der Waals surface area contributed by atoms with Crippen LogP contribution in [0.5, 0.6) is 0 Å². The lowest BCUT2D eigenvalue weighted by Crippen LogP contribution is -2.33. The lowest BCUT2D eigenvalue weighted by atomic mass is 10.0. The largest absolute Gasteiger partial charge is 0.467 e. The standard InChI is InChI=1S/C14H20BrN3O3/c1-5-6-18-13(19)12(15)11(8-16-18)17-10(7-9(2)3)14(20)21-4/h5,8-10,17H,1,6-7H2,2-4H3. The molecule has 0 aromatic carbocycles. The number of rotatable bonds is 7. The van der Waals surface area contributed by atoms with Crippen LogP contribution in [0.25, 0.3) is 0 Å². The minimum absolute atomic E-state index is 0.284. The van der Waals surface area contributed by atoms with Crippen molar-refractivity contribution in [1.82, 2.24) is 9.78 Å². The predicted octanol–water partition coefficient (Wildman–Crippen LogP) is 2.19. The van der Waals surface area contributed by atoms with Gasteiger partial charge in [0, 0.05) is 0 Å². The van der Waals surface area contributed by atoms with Gasteiger partial charge in [-0.25, -0.2) is 9.48 Å². The number of ether oxygens (including phenoxy) is 1. The van der Waals surface area contributed by atoms with Crippen molar-refractivity contribution in [3.05, 3.63) is 33.7 Å². The minimum atomic E-state index is -0.525. The van der Waals surface area contributed by atoms with Crippen LogP contribution >= 0.6 is 15.9 Å². The molecule has 7 heteroatoms. The fourth-order valence-corrected chi connectivity index (χ4v) is 2.25.